The van der Waals surface area contributed by atoms with Gasteiger partial charge in [-0.2, -0.15) is 0 Å². The third-order valence-corrected chi connectivity index (χ3v) is 5.68. The number of aliphatic imine (C=N–C) groups is 1. The zero-order valence-electron chi connectivity index (χ0n) is 16.9. The zero-order chi connectivity index (χ0) is 18.7. The Kier molecular flexibility index (Phi) is 9.72. The van der Waals surface area contributed by atoms with Gasteiger partial charge in [-0.05, 0) is 64.5 Å². The molecule has 152 valence electrons. The number of hydrogen-bond donors (Lipinski definition) is 3. The van der Waals surface area contributed by atoms with Crippen LogP contribution in [0.25, 0.3) is 0 Å². The molecule has 0 aromatic carbocycles. The molecule has 2 rings (SSSR count). The van der Waals surface area contributed by atoms with Crippen molar-refractivity contribution in [3.05, 3.63) is 0 Å². The second-order valence-corrected chi connectivity index (χ2v) is 8.15. The Morgan fingerprint density at radius 2 is 2.23 bits per heavy atom. The van der Waals surface area contributed by atoms with Crippen LogP contribution in [0.4, 0.5) is 0 Å². The highest BCUT2D eigenvalue weighted by Gasteiger charge is 2.34. The molecule has 6 heteroatoms. The highest BCUT2D eigenvalue weighted by Crippen LogP contribution is 2.32. The van der Waals surface area contributed by atoms with Crippen molar-refractivity contribution in [1.29, 1.82) is 0 Å². The lowest BCUT2D eigenvalue weighted by Crippen LogP contribution is -2.39. The van der Waals surface area contributed by atoms with Crippen molar-refractivity contribution >= 4 is 5.96 Å². The highest BCUT2D eigenvalue weighted by molar-refractivity contribution is 5.79. The van der Waals surface area contributed by atoms with Crippen LogP contribution in [-0.2, 0) is 4.74 Å². The lowest BCUT2D eigenvalue weighted by atomic mass is 9.84. The Hall–Kier alpha value is -0.850. The fourth-order valence-electron chi connectivity index (χ4n) is 4.03. The number of piperidine rings is 1. The minimum absolute atomic E-state index is 0.0159. The first kappa shape index (κ1) is 21.5. The van der Waals surface area contributed by atoms with Gasteiger partial charge in [0, 0.05) is 38.3 Å². The molecule has 2 unspecified atom stereocenters. The summed E-state index contributed by atoms with van der Waals surface area (Å²) in [4.78, 5) is 7.39. The Morgan fingerprint density at radius 3 is 2.92 bits per heavy atom. The van der Waals surface area contributed by atoms with E-state index in [4.69, 9.17) is 9.73 Å². The molecule has 0 amide bonds. The molecule has 0 saturated carbocycles. The highest BCUT2D eigenvalue weighted by atomic mass is 16.5. The van der Waals surface area contributed by atoms with Gasteiger partial charge >= 0.3 is 0 Å². The first-order chi connectivity index (χ1) is 12.7. The fraction of sp³-hybridized carbons (Fsp3) is 0.950. The number of nitrogens with one attached hydrogen (secondary N) is 2. The summed E-state index contributed by atoms with van der Waals surface area (Å²) >= 11 is 0. The molecule has 26 heavy (non-hydrogen) atoms. The van der Waals surface area contributed by atoms with Crippen LogP contribution in [0.2, 0.25) is 0 Å². The monoisotopic (exact) mass is 368 g/mol. The first-order valence-electron chi connectivity index (χ1n) is 10.6. The fourth-order valence-corrected chi connectivity index (χ4v) is 4.03. The lowest BCUT2D eigenvalue weighted by molar-refractivity contribution is 0.131. The molecule has 3 N–H and O–H groups in total. The molecule has 0 aliphatic carbocycles. The van der Waals surface area contributed by atoms with Crippen molar-refractivity contribution in [2.75, 3.05) is 59.1 Å². The topological polar surface area (TPSA) is 69.1 Å². The molecule has 2 atom stereocenters. The Balaban J connectivity index is 1.68. The molecule has 2 heterocycles. The van der Waals surface area contributed by atoms with E-state index in [1.54, 1.807) is 0 Å². The second kappa shape index (κ2) is 11.8. The molecular weight excluding hydrogens is 328 g/mol. The van der Waals surface area contributed by atoms with Crippen LogP contribution in [-0.4, -0.2) is 75.1 Å². The molecule has 6 nitrogen and oxygen atoms in total. The molecule has 0 radical (unpaired) electrons. The van der Waals surface area contributed by atoms with E-state index in [-0.39, 0.29) is 12.0 Å². The van der Waals surface area contributed by atoms with Crippen molar-refractivity contribution in [3.8, 4) is 0 Å². The van der Waals surface area contributed by atoms with Gasteiger partial charge in [0.2, 0.25) is 0 Å². The summed E-state index contributed by atoms with van der Waals surface area (Å²) in [5.41, 5.74) is 0.0159. The summed E-state index contributed by atoms with van der Waals surface area (Å²) in [6.07, 6.45) is 6.91. The molecule has 0 aromatic rings. The summed E-state index contributed by atoms with van der Waals surface area (Å²) in [5, 5.41) is 16.2. The average Bonchev–Trinajstić information content (AvgIpc) is 3.08. The maximum atomic E-state index is 9.35. The number of hydrogen-bond acceptors (Lipinski definition) is 4. The van der Waals surface area contributed by atoms with E-state index >= 15 is 0 Å². The number of aliphatic hydroxyl groups excluding tert-OH is 1. The summed E-state index contributed by atoms with van der Waals surface area (Å²) < 4.78 is 5.56. The second-order valence-electron chi connectivity index (χ2n) is 8.15. The SMILES string of the molecule is CCNC(=NCC1(CCO)CCOC1)NCCCCN1CCCC(C)C1. The van der Waals surface area contributed by atoms with Gasteiger partial charge in [-0.3, -0.25) is 4.99 Å². The lowest BCUT2D eigenvalue weighted by Gasteiger charge is -2.30. The predicted molar refractivity (Wildman–Crippen MR) is 108 cm³/mol. The first-order valence-corrected chi connectivity index (χ1v) is 10.6. The minimum Gasteiger partial charge on any atom is -0.396 e. The van der Waals surface area contributed by atoms with Crippen LogP contribution in [0.3, 0.4) is 0 Å². The van der Waals surface area contributed by atoms with Gasteiger partial charge in [-0.1, -0.05) is 6.92 Å². The van der Waals surface area contributed by atoms with Crippen molar-refractivity contribution in [3.63, 3.8) is 0 Å². The number of aliphatic hydroxyl groups is 1. The zero-order valence-corrected chi connectivity index (χ0v) is 16.9. The predicted octanol–water partition coefficient (Wildman–Crippen LogP) is 1.84. The van der Waals surface area contributed by atoms with E-state index in [2.05, 4.69) is 29.4 Å². The number of rotatable bonds is 10. The number of ether oxygens (including phenoxy) is 1. The smallest absolute Gasteiger partial charge is 0.191 e. The number of guanidine groups is 1. The summed E-state index contributed by atoms with van der Waals surface area (Å²) in [7, 11) is 0. The summed E-state index contributed by atoms with van der Waals surface area (Å²) in [5.74, 6) is 1.75. The van der Waals surface area contributed by atoms with E-state index in [1.165, 1.54) is 45.3 Å². The minimum atomic E-state index is 0.0159. The van der Waals surface area contributed by atoms with Crippen molar-refractivity contribution < 1.29 is 9.84 Å². The molecule has 2 fully saturated rings. The van der Waals surface area contributed by atoms with Gasteiger partial charge < -0.3 is 25.4 Å². The van der Waals surface area contributed by atoms with Crippen LogP contribution in [0, 0.1) is 11.3 Å². The van der Waals surface area contributed by atoms with Crippen LogP contribution >= 0.6 is 0 Å². The van der Waals surface area contributed by atoms with E-state index in [0.29, 0.717) is 13.2 Å². The number of unbranched alkanes of at least 4 members (excludes halogenated alkanes) is 1. The molecule has 2 aliphatic heterocycles. The van der Waals surface area contributed by atoms with Gasteiger partial charge in [0.25, 0.3) is 0 Å². The number of nitrogens with zero attached hydrogens (tertiary/aromatic N) is 2. The Bertz CT molecular complexity index is 411. The third-order valence-electron chi connectivity index (χ3n) is 5.68. The van der Waals surface area contributed by atoms with Gasteiger partial charge in [-0.15, -0.1) is 0 Å². The average molecular weight is 369 g/mol. The van der Waals surface area contributed by atoms with E-state index < -0.39 is 0 Å². The molecule has 0 aromatic heterocycles. The van der Waals surface area contributed by atoms with Crippen LogP contribution in [0.15, 0.2) is 4.99 Å². The summed E-state index contributed by atoms with van der Waals surface area (Å²) in [6, 6.07) is 0. The van der Waals surface area contributed by atoms with Gasteiger partial charge in [0.1, 0.15) is 0 Å². The van der Waals surface area contributed by atoms with Gasteiger partial charge in [-0.25, -0.2) is 0 Å². The largest absolute Gasteiger partial charge is 0.396 e. The molecule has 0 bridgehead atoms. The van der Waals surface area contributed by atoms with Crippen molar-refractivity contribution in [1.82, 2.24) is 15.5 Å². The standard InChI is InChI=1S/C20H40N4O2/c1-3-21-19(23-16-20(8-13-25)9-14-26-17-20)22-10-4-5-11-24-12-6-7-18(2)15-24/h18,25H,3-17H2,1-2H3,(H2,21,22,23). The maximum absolute atomic E-state index is 9.35. The van der Waals surface area contributed by atoms with Crippen LogP contribution in [0.1, 0.15) is 52.4 Å². The van der Waals surface area contributed by atoms with Crippen molar-refractivity contribution in [2.24, 2.45) is 16.3 Å². The van der Waals surface area contributed by atoms with Crippen LogP contribution < -0.4 is 10.6 Å². The normalized spacial score (nSPS) is 27.7. The molecule has 2 saturated heterocycles. The third kappa shape index (κ3) is 7.41. The maximum Gasteiger partial charge on any atom is 0.191 e. The molecular formula is C20H40N4O2. The van der Waals surface area contributed by atoms with E-state index in [0.717, 1.165) is 44.4 Å². The Labute approximate surface area is 159 Å². The van der Waals surface area contributed by atoms with Gasteiger partial charge in [0.15, 0.2) is 5.96 Å². The van der Waals surface area contributed by atoms with E-state index in [1.807, 2.05) is 0 Å². The summed E-state index contributed by atoms with van der Waals surface area (Å²) in [6.45, 7) is 12.5. The molecule has 0 spiro atoms. The van der Waals surface area contributed by atoms with Gasteiger partial charge in [0.05, 0.1) is 13.2 Å². The van der Waals surface area contributed by atoms with Crippen LogP contribution in [0.5, 0.6) is 0 Å². The number of likely N-dealkylation sites (tertiary alicyclic amines) is 1. The van der Waals surface area contributed by atoms with Crippen molar-refractivity contribution in [2.45, 2.75) is 52.4 Å². The quantitative estimate of drug-likeness (QED) is 0.312. The molecule has 2 aliphatic rings. The Morgan fingerprint density at radius 1 is 1.35 bits per heavy atom. The van der Waals surface area contributed by atoms with E-state index in [9.17, 15) is 5.11 Å².